The molecule has 0 radical (unpaired) electrons. The lowest BCUT2D eigenvalue weighted by atomic mass is 9.78. The minimum Gasteiger partial charge on any atom is -0.271 e. The summed E-state index contributed by atoms with van der Waals surface area (Å²) in [4.78, 5) is 0. The Balaban J connectivity index is 2.23. The molecule has 0 amide bonds. The van der Waals surface area contributed by atoms with Gasteiger partial charge < -0.3 is 0 Å². The molecule has 2 heteroatoms. The van der Waals surface area contributed by atoms with Crippen LogP contribution >= 0.6 is 0 Å². The van der Waals surface area contributed by atoms with Gasteiger partial charge in [-0.05, 0) is 18.3 Å². The molecule has 12 heavy (non-hydrogen) atoms. The van der Waals surface area contributed by atoms with Gasteiger partial charge in [0.05, 0.1) is 0 Å². The smallest absolute Gasteiger partial charge is 0.0238 e. The predicted octanol–water partition coefficient (Wildman–Crippen LogP) is 2.05. The van der Waals surface area contributed by atoms with Crippen LogP contribution in [-0.2, 0) is 0 Å². The normalized spacial score (nSPS) is 23.2. The minimum absolute atomic E-state index is 0.542. The number of hydrazine groups is 1. The van der Waals surface area contributed by atoms with E-state index in [1.54, 1.807) is 0 Å². The fourth-order valence-corrected chi connectivity index (χ4v) is 1.84. The second-order valence-electron chi connectivity index (χ2n) is 4.19. The van der Waals surface area contributed by atoms with Crippen LogP contribution in [0, 0.1) is 11.8 Å². The van der Waals surface area contributed by atoms with Crippen molar-refractivity contribution in [1.82, 2.24) is 5.43 Å². The van der Waals surface area contributed by atoms with E-state index in [2.05, 4.69) is 19.3 Å². The van der Waals surface area contributed by atoms with Crippen LogP contribution in [0.25, 0.3) is 0 Å². The van der Waals surface area contributed by atoms with E-state index in [0.29, 0.717) is 6.04 Å². The van der Waals surface area contributed by atoms with E-state index in [1.807, 2.05) is 0 Å². The predicted molar refractivity (Wildman–Crippen MR) is 52.5 cm³/mol. The highest BCUT2D eigenvalue weighted by atomic mass is 15.2. The van der Waals surface area contributed by atoms with E-state index in [1.165, 1.54) is 32.1 Å². The molecule has 2 unspecified atom stereocenters. The van der Waals surface area contributed by atoms with Gasteiger partial charge in [0.25, 0.3) is 0 Å². The van der Waals surface area contributed by atoms with Crippen LogP contribution in [0.15, 0.2) is 0 Å². The average molecular weight is 170 g/mol. The molecule has 3 N–H and O–H groups in total. The van der Waals surface area contributed by atoms with Crippen LogP contribution in [0.1, 0.15) is 46.0 Å². The second kappa shape index (κ2) is 4.83. The van der Waals surface area contributed by atoms with Crippen LogP contribution < -0.4 is 11.3 Å². The summed E-state index contributed by atoms with van der Waals surface area (Å²) >= 11 is 0. The molecular formula is C10H22N2. The molecule has 1 aliphatic carbocycles. The highest BCUT2D eigenvalue weighted by Gasteiger charge is 2.23. The highest BCUT2D eigenvalue weighted by molar-refractivity contribution is 4.78. The van der Waals surface area contributed by atoms with Gasteiger partial charge in [-0.1, -0.05) is 39.5 Å². The van der Waals surface area contributed by atoms with Crippen molar-refractivity contribution in [2.24, 2.45) is 17.7 Å². The Labute approximate surface area is 75.9 Å². The van der Waals surface area contributed by atoms with E-state index in [4.69, 9.17) is 5.84 Å². The monoisotopic (exact) mass is 170 g/mol. The van der Waals surface area contributed by atoms with E-state index >= 15 is 0 Å². The summed E-state index contributed by atoms with van der Waals surface area (Å²) in [5, 5.41) is 0. The lowest BCUT2D eigenvalue weighted by Gasteiger charge is -2.31. The van der Waals surface area contributed by atoms with Gasteiger partial charge in [-0.3, -0.25) is 11.3 Å². The fraction of sp³-hybridized carbons (Fsp3) is 1.00. The summed E-state index contributed by atoms with van der Waals surface area (Å²) in [6.07, 6.45) is 6.79. The molecule has 1 saturated carbocycles. The van der Waals surface area contributed by atoms with Crippen molar-refractivity contribution in [3.8, 4) is 0 Å². The van der Waals surface area contributed by atoms with Gasteiger partial charge >= 0.3 is 0 Å². The molecule has 0 heterocycles. The summed E-state index contributed by atoms with van der Waals surface area (Å²) in [6.45, 7) is 4.51. The van der Waals surface area contributed by atoms with Crippen LogP contribution in [0.4, 0.5) is 0 Å². The Morgan fingerprint density at radius 3 is 2.50 bits per heavy atom. The SMILES string of the molecule is CCC(C)C(CC1CCC1)NN. The molecule has 72 valence electrons. The third-order valence-corrected chi connectivity index (χ3v) is 3.36. The van der Waals surface area contributed by atoms with Gasteiger partial charge in [-0.25, -0.2) is 0 Å². The Bertz CT molecular complexity index is 121. The van der Waals surface area contributed by atoms with E-state index < -0.39 is 0 Å². The van der Waals surface area contributed by atoms with E-state index in [-0.39, 0.29) is 0 Å². The summed E-state index contributed by atoms with van der Waals surface area (Å²) in [5.74, 6) is 7.20. The van der Waals surface area contributed by atoms with Crippen LogP contribution in [0.3, 0.4) is 0 Å². The Morgan fingerprint density at radius 1 is 1.50 bits per heavy atom. The summed E-state index contributed by atoms with van der Waals surface area (Å²) < 4.78 is 0. The Hall–Kier alpha value is -0.0800. The van der Waals surface area contributed by atoms with E-state index in [9.17, 15) is 0 Å². The first-order valence-corrected chi connectivity index (χ1v) is 5.24. The zero-order valence-electron chi connectivity index (χ0n) is 8.34. The molecule has 2 nitrogen and oxygen atoms in total. The van der Waals surface area contributed by atoms with Crippen molar-refractivity contribution in [2.75, 3.05) is 0 Å². The van der Waals surface area contributed by atoms with Crippen molar-refractivity contribution in [3.05, 3.63) is 0 Å². The molecule has 1 rings (SSSR count). The van der Waals surface area contributed by atoms with Crippen molar-refractivity contribution < 1.29 is 0 Å². The van der Waals surface area contributed by atoms with Crippen LogP contribution in [-0.4, -0.2) is 6.04 Å². The van der Waals surface area contributed by atoms with Crippen molar-refractivity contribution in [2.45, 2.75) is 52.0 Å². The second-order valence-corrected chi connectivity index (χ2v) is 4.19. The first-order valence-electron chi connectivity index (χ1n) is 5.24. The molecule has 1 aliphatic rings. The standard InChI is InChI=1S/C10H22N2/c1-3-8(2)10(12-11)7-9-5-4-6-9/h8-10,12H,3-7,11H2,1-2H3. The lowest BCUT2D eigenvalue weighted by Crippen LogP contribution is -2.41. The molecule has 1 fully saturated rings. The third-order valence-electron chi connectivity index (χ3n) is 3.36. The minimum atomic E-state index is 0.542. The van der Waals surface area contributed by atoms with Gasteiger partial charge in [0.1, 0.15) is 0 Å². The lowest BCUT2D eigenvalue weighted by molar-refractivity contribution is 0.226. The molecule has 0 spiro atoms. The molecule has 0 aromatic carbocycles. The number of hydrogen-bond donors (Lipinski definition) is 2. The van der Waals surface area contributed by atoms with Gasteiger partial charge in [0.2, 0.25) is 0 Å². The number of rotatable bonds is 5. The van der Waals surface area contributed by atoms with E-state index in [0.717, 1.165) is 11.8 Å². The number of hydrogen-bond acceptors (Lipinski definition) is 2. The quantitative estimate of drug-likeness (QED) is 0.489. The Kier molecular flexibility index (Phi) is 4.02. The van der Waals surface area contributed by atoms with Gasteiger partial charge in [-0.2, -0.15) is 0 Å². The zero-order chi connectivity index (χ0) is 8.97. The largest absolute Gasteiger partial charge is 0.271 e. The fourth-order valence-electron chi connectivity index (χ4n) is 1.84. The van der Waals surface area contributed by atoms with Gasteiger partial charge in [-0.15, -0.1) is 0 Å². The van der Waals surface area contributed by atoms with Gasteiger partial charge in [0.15, 0.2) is 0 Å². The third kappa shape index (κ3) is 2.46. The highest BCUT2D eigenvalue weighted by Crippen LogP contribution is 2.32. The summed E-state index contributed by atoms with van der Waals surface area (Å²) in [6, 6.07) is 0.542. The first kappa shape index (κ1) is 10.0. The van der Waals surface area contributed by atoms with Crippen LogP contribution in [0.2, 0.25) is 0 Å². The maximum Gasteiger partial charge on any atom is 0.0238 e. The molecule has 0 aliphatic heterocycles. The topological polar surface area (TPSA) is 38.0 Å². The van der Waals surface area contributed by atoms with Gasteiger partial charge in [0, 0.05) is 6.04 Å². The zero-order valence-corrected chi connectivity index (χ0v) is 8.34. The molecule has 0 saturated heterocycles. The molecule has 0 bridgehead atoms. The first-order chi connectivity index (χ1) is 5.77. The number of nitrogens with two attached hydrogens (primary N) is 1. The van der Waals surface area contributed by atoms with Crippen molar-refractivity contribution in [3.63, 3.8) is 0 Å². The average Bonchev–Trinajstić information content (AvgIpc) is 2.02. The molecule has 0 aromatic heterocycles. The van der Waals surface area contributed by atoms with Crippen molar-refractivity contribution in [1.29, 1.82) is 0 Å². The summed E-state index contributed by atoms with van der Waals surface area (Å²) in [7, 11) is 0. The van der Waals surface area contributed by atoms with Crippen LogP contribution in [0.5, 0.6) is 0 Å². The maximum atomic E-state index is 5.53. The Morgan fingerprint density at radius 2 is 2.17 bits per heavy atom. The summed E-state index contributed by atoms with van der Waals surface area (Å²) in [5.41, 5.74) is 2.95. The molecule has 2 atom stereocenters. The molecular weight excluding hydrogens is 148 g/mol. The molecule has 0 aromatic rings. The maximum absolute atomic E-state index is 5.53. The van der Waals surface area contributed by atoms with Crippen molar-refractivity contribution >= 4 is 0 Å². The number of nitrogens with one attached hydrogen (secondary N) is 1.